The molecule has 0 aromatic rings. The molecule has 0 atom stereocenters. The molecule has 0 aliphatic heterocycles. The van der Waals surface area contributed by atoms with Crippen LogP contribution in [0.1, 0.15) is 0 Å². The van der Waals surface area contributed by atoms with E-state index in [0.29, 0.717) is 12.5 Å². The summed E-state index contributed by atoms with van der Waals surface area (Å²) in [4.78, 5) is 0. The summed E-state index contributed by atoms with van der Waals surface area (Å²) in [5.74, 6) is 0.469. The van der Waals surface area contributed by atoms with E-state index in [1.807, 2.05) is 0 Å². The minimum Gasteiger partial charge on any atom is -0.446 e. The van der Waals surface area contributed by atoms with Gasteiger partial charge in [-0.1, -0.05) is 0 Å². The summed E-state index contributed by atoms with van der Waals surface area (Å²) in [7, 11) is 4.55. The second-order valence-corrected chi connectivity index (χ2v) is 0.938. The van der Waals surface area contributed by atoms with Crippen molar-refractivity contribution in [2.45, 2.75) is 0 Å². The number of hydrogen-bond acceptors (Lipinski definition) is 1. The Morgan fingerprint density at radius 3 is 2.40 bits per heavy atom. The quantitative estimate of drug-likeness (QED) is 0.351. The third-order valence-electron chi connectivity index (χ3n) is 0.195. The van der Waals surface area contributed by atoms with Crippen molar-refractivity contribution in [3.8, 4) is 0 Å². The van der Waals surface area contributed by atoms with Gasteiger partial charge in [-0.05, 0) is 0 Å². The highest BCUT2D eigenvalue weighted by atomic mass is 35.5. The Hall–Kier alpha value is 0.315. The third-order valence-corrected chi connectivity index (χ3v) is 0.349. The molecule has 0 heterocycles. The predicted molar refractivity (Wildman–Crippen MR) is 22.4 cm³/mol. The first-order valence-corrected chi connectivity index (χ1v) is 1.83. The Bertz CT molecular complexity index is 17.1. The molecule has 0 aliphatic rings. The molecule has 0 aromatic heterocycles. The molecule has 0 rings (SSSR count). The summed E-state index contributed by atoms with van der Waals surface area (Å²) in [6, 6.07) is 0. The van der Waals surface area contributed by atoms with Crippen LogP contribution >= 0.6 is 11.6 Å². The maximum absolute atomic E-state index is 5.10. The molecule has 0 bridgehead atoms. The van der Waals surface area contributed by atoms with E-state index in [2.05, 4.69) is 12.7 Å². The molecule has 28 valence electrons. The molecule has 2 radical (unpaired) electrons. The number of rotatable bonds is 2. The smallest absolute Gasteiger partial charge is 0.282 e. The topological polar surface area (TPSA) is 9.23 Å². The Balaban J connectivity index is 2.19. The summed E-state index contributed by atoms with van der Waals surface area (Å²) < 4.78 is 4.06. The first-order valence-electron chi connectivity index (χ1n) is 1.29. The molecule has 0 unspecified atom stereocenters. The van der Waals surface area contributed by atoms with Gasteiger partial charge in [0.25, 0.3) is 8.05 Å². The summed E-state index contributed by atoms with van der Waals surface area (Å²) in [6.45, 7) is 0.432. The lowest BCUT2D eigenvalue weighted by Crippen LogP contribution is -1.87. The monoisotopic (exact) mass is 90.0 g/mol. The fourth-order valence-electron chi connectivity index (χ4n) is 0.0445. The molecule has 0 spiro atoms. The number of hydrogen-bond donors (Lipinski definition) is 0. The normalized spacial score (nSPS) is 8.20. The Morgan fingerprint density at radius 2 is 2.40 bits per heavy atom. The molecule has 1 nitrogen and oxygen atoms in total. The third kappa shape index (κ3) is 4.31. The van der Waals surface area contributed by atoms with E-state index in [9.17, 15) is 0 Å². The first kappa shape index (κ1) is 5.31. The van der Waals surface area contributed by atoms with Crippen molar-refractivity contribution in [3.05, 3.63) is 0 Å². The van der Waals surface area contributed by atoms with Crippen molar-refractivity contribution in [3.63, 3.8) is 0 Å². The van der Waals surface area contributed by atoms with E-state index in [1.54, 1.807) is 0 Å². The van der Waals surface area contributed by atoms with E-state index in [4.69, 9.17) is 11.6 Å². The van der Waals surface area contributed by atoms with Crippen molar-refractivity contribution in [2.24, 2.45) is 0 Å². The van der Waals surface area contributed by atoms with E-state index in [1.165, 1.54) is 0 Å². The highest BCUT2D eigenvalue weighted by Gasteiger charge is 1.68. The molecule has 0 amide bonds. The Morgan fingerprint density at radius 1 is 1.80 bits per heavy atom. The Labute approximate surface area is 37.7 Å². The number of halogens is 1. The van der Waals surface area contributed by atoms with E-state index >= 15 is 0 Å². The fraction of sp³-hybridized carbons (Fsp3) is 1.00. The molecule has 0 fully saturated rings. The number of alkyl halides is 1. The molecular weight excluding hydrogens is 86.3 g/mol. The van der Waals surface area contributed by atoms with Gasteiger partial charge in [0.15, 0.2) is 0 Å². The van der Waals surface area contributed by atoms with E-state index in [-0.39, 0.29) is 0 Å². The molecule has 0 saturated heterocycles. The van der Waals surface area contributed by atoms with Crippen molar-refractivity contribution in [1.29, 1.82) is 0 Å². The van der Waals surface area contributed by atoms with Gasteiger partial charge in [0.1, 0.15) is 0 Å². The van der Waals surface area contributed by atoms with Crippen molar-refractivity contribution in [1.82, 2.24) is 0 Å². The van der Waals surface area contributed by atoms with Gasteiger partial charge in [-0.2, -0.15) is 0 Å². The van der Waals surface area contributed by atoms with Crippen LogP contribution in [0.25, 0.3) is 0 Å². The first-order chi connectivity index (χ1) is 2.41. The molecule has 5 heavy (non-hydrogen) atoms. The highest BCUT2D eigenvalue weighted by Crippen LogP contribution is 1.69. The van der Waals surface area contributed by atoms with Crippen LogP contribution in [-0.4, -0.2) is 20.5 Å². The maximum atomic E-state index is 5.10. The van der Waals surface area contributed by atoms with Gasteiger partial charge in [-0.15, -0.1) is 11.6 Å². The van der Waals surface area contributed by atoms with Gasteiger partial charge in [-0.3, -0.25) is 0 Å². The van der Waals surface area contributed by atoms with Crippen LogP contribution in [0.2, 0.25) is 0 Å². The molecule has 0 saturated carbocycles. The van der Waals surface area contributed by atoms with Crippen LogP contribution in [0.4, 0.5) is 0 Å². The van der Waals surface area contributed by atoms with Gasteiger partial charge in [0, 0.05) is 12.5 Å². The van der Waals surface area contributed by atoms with Gasteiger partial charge in [0.2, 0.25) is 0 Å². The van der Waals surface area contributed by atoms with Gasteiger partial charge in [0.05, 0.1) is 0 Å². The van der Waals surface area contributed by atoms with Crippen LogP contribution in [0.15, 0.2) is 0 Å². The van der Waals surface area contributed by atoms with Gasteiger partial charge in [-0.25, -0.2) is 0 Å². The van der Waals surface area contributed by atoms with Crippen molar-refractivity contribution in [2.75, 3.05) is 12.5 Å². The summed E-state index contributed by atoms with van der Waals surface area (Å²) in [6.07, 6.45) is 0. The van der Waals surface area contributed by atoms with Crippen LogP contribution < -0.4 is 0 Å². The second-order valence-electron chi connectivity index (χ2n) is 0.560. The average Bonchev–Trinajstić information content (AvgIpc) is 1.41. The van der Waals surface area contributed by atoms with Crippen molar-refractivity contribution >= 4 is 19.7 Å². The fourth-order valence-corrected chi connectivity index (χ4v) is 0.134. The predicted octanol–water partition coefficient (Wildman–Crippen LogP) is 0.325. The van der Waals surface area contributed by atoms with Crippen LogP contribution in [0, 0.1) is 0 Å². The van der Waals surface area contributed by atoms with E-state index < -0.39 is 0 Å². The molecule has 0 N–H and O–H groups in total. The maximum Gasteiger partial charge on any atom is 0.282 e. The van der Waals surface area contributed by atoms with Crippen LogP contribution in [-0.2, 0) is 4.65 Å². The lowest BCUT2D eigenvalue weighted by atomic mass is 10.6. The molecule has 0 aromatic carbocycles. The molecule has 0 aliphatic carbocycles. The largest absolute Gasteiger partial charge is 0.446 e. The summed E-state index contributed by atoms with van der Waals surface area (Å²) in [5, 5.41) is 0. The summed E-state index contributed by atoms with van der Waals surface area (Å²) >= 11 is 5.10. The van der Waals surface area contributed by atoms with Crippen molar-refractivity contribution < 1.29 is 4.65 Å². The average molecular weight is 90.3 g/mol. The summed E-state index contributed by atoms with van der Waals surface area (Å²) in [5.41, 5.74) is 0. The molecular formula is C2H4BClO. The zero-order valence-corrected chi connectivity index (χ0v) is 3.53. The molecule has 3 heteroatoms. The van der Waals surface area contributed by atoms with E-state index in [0.717, 1.165) is 0 Å². The van der Waals surface area contributed by atoms with Crippen LogP contribution in [0.3, 0.4) is 0 Å². The Kier molecular flexibility index (Phi) is 4.59. The highest BCUT2D eigenvalue weighted by molar-refractivity contribution is 6.18. The standard InChI is InChI=1S/C2H4BClO/c3-5-2-1-4/h1-2H2. The zero-order valence-electron chi connectivity index (χ0n) is 2.78. The lowest BCUT2D eigenvalue weighted by Gasteiger charge is -1.83. The minimum atomic E-state index is 0.432. The van der Waals surface area contributed by atoms with Gasteiger partial charge < -0.3 is 4.65 Å². The lowest BCUT2D eigenvalue weighted by molar-refractivity contribution is 0.378. The van der Waals surface area contributed by atoms with Crippen LogP contribution in [0.5, 0.6) is 0 Å². The SMILES string of the molecule is [B]OCCCl. The van der Waals surface area contributed by atoms with Gasteiger partial charge >= 0.3 is 0 Å². The second kappa shape index (κ2) is 4.31. The zero-order chi connectivity index (χ0) is 4.12. The minimum absolute atomic E-state index is 0.432.